The van der Waals surface area contributed by atoms with Crippen LogP contribution in [0.4, 0.5) is 0 Å². The SMILES string of the molecule is C[C@@H]1CN(C(=O)COC(=O)c2ccccc2SCC(=O)N2C[C@H](C)O[C@@H](C)C2)C[C@H](C)O1. The molecule has 0 aliphatic carbocycles. The molecule has 1 aromatic rings. The third-order valence-corrected chi connectivity index (χ3v) is 6.39. The second-order valence-electron chi connectivity index (χ2n) is 8.47. The monoisotopic (exact) mass is 464 g/mol. The molecule has 9 heteroatoms. The first-order valence-electron chi connectivity index (χ1n) is 11.0. The van der Waals surface area contributed by atoms with Gasteiger partial charge in [0.2, 0.25) is 5.91 Å². The molecule has 176 valence electrons. The van der Waals surface area contributed by atoms with Crippen LogP contribution in [-0.2, 0) is 23.8 Å². The van der Waals surface area contributed by atoms with E-state index in [0.717, 1.165) is 0 Å². The average molecular weight is 465 g/mol. The average Bonchev–Trinajstić information content (AvgIpc) is 2.74. The molecule has 0 N–H and O–H groups in total. The van der Waals surface area contributed by atoms with E-state index in [-0.39, 0.29) is 48.6 Å². The number of amides is 2. The lowest BCUT2D eigenvalue weighted by molar-refractivity contribution is -0.146. The first-order chi connectivity index (χ1) is 15.2. The van der Waals surface area contributed by atoms with Crippen molar-refractivity contribution >= 4 is 29.5 Å². The quantitative estimate of drug-likeness (QED) is 0.471. The fraction of sp³-hybridized carbons (Fsp3) is 0.609. The van der Waals surface area contributed by atoms with Gasteiger partial charge >= 0.3 is 5.97 Å². The van der Waals surface area contributed by atoms with Gasteiger partial charge in [0.25, 0.3) is 5.91 Å². The summed E-state index contributed by atoms with van der Waals surface area (Å²) in [4.78, 5) is 41.9. The number of thioether (sulfide) groups is 1. The molecule has 4 atom stereocenters. The maximum absolute atomic E-state index is 12.7. The molecule has 0 unspecified atom stereocenters. The molecular formula is C23H32N2O6S. The minimum atomic E-state index is -0.572. The van der Waals surface area contributed by atoms with Crippen LogP contribution in [0.25, 0.3) is 0 Å². The molecule has 2 aliphatic rings. The maximum Gasteiger partial charge on any atom is 0.339 e. The molecule has 2 aliphatic heterocycles. The Hall–Kier alpha value is -2.10. The third kappa shape index (κ3) is 6.70. The van der Waals surface area contributed by atoms with Gasteiger partial charge in [-0.25, -0.2) is 4.79 Å². The lowest BCUT2D eigenvalue weighted by Crippen LogP contribution is -2.49. The number of rotatable bonds is 6. The van der Waals surface area contributed by atoms with Gasteiger partial charge in [0.1, 0.15) is 0 Å². The lowest BCUT2D eigenvalue weighted by atomic mass is 10.2. The summed E-state index contributed by atoms with van der Waals surface area (Å²) in [7, 11) is 0. The van der Waals surface area contributed by atoms with E-state index in [1.165, 1.54) is 11.8 Å². The zero-order valence-electron chi connectivity index (χ0n) is 19.1. The van der Waals surface area contributed by atoms with Crippen molar-refractivity contribution in [2.75, 3.05) is 38.5 Å². The van der Waals surface area contributed by atoms with E-state index in [1.807, 2.05) is 33.8 Å². The largest absolute Gasteiger partial charge is 0.452 e. The molecule has 2 amide bonds. The molecule has 0 saturated carbocycles. The molecule has 2 heterocycles. The summed E-state index contributed by atoms with van der Waals surface area (Å²) in [6.07, 6.45) is -0.0918. The number of hydrogen-bond donors (Lipinski definition) is 0. The van der Waals surface area contributed by atoms with Crippen LogP contribution in [0, 0.1) is 0 Å². The fourth-order valence-electron chi connectivity index (χ4n) is 4.05. The van der Waals surface area contributed by atoms with Gasteiger partial charge in [-0.3, -0.25) is 9.59 Å². The van der Waals surface area contributed by atoms with E-state index in [9.17, 15) is 14.4 Å². The first kappa shape index (κ1) is 24.5. The highest BCUT2D eigenvalue weighted by Crippen LogP contribution is 2.24. The van der Waals surface area contributed by atoms with Crippen LogP contribution in [-0.4, -0.2) is 90.5 Å². The Bertz CT molecular complexity index is 814. The van der Waals surface area contributed by atoms with Crippen LogP contribution in [0.5, 0.6) is 0 Å². The van der Waals surface area contributed by atoms with Gasteiger partial charge in [-0.1, -0.05) is 12.1 Å². The van der Waals surface area contributed by atoms with Crippen molar-refractivity contribution in [1.82, 2.24) is 9.80 Å². The summed E-state index contributed by atoms with van der Waals surface area (Å²) >= 11 is 1.30. The van der Waals surface area contributed by atoms with Gasteiger partial charge in [-0.2, -0.15) is 0 Å². The number of carbonyl (C=O) groups excluding carboxylic acids is 3. The van der Waals surface area contributed by atoms with E-state index >= 15 is 0 Å². The molecule has 32 heavy (non-hydrogen) atoms. The van der Waals surface area contributed by atoms with Crippen molar-refractivity contribution in [2.45, 2.75) is 57.0 Å². The number of hydrogen-bond acceptors (Lipinski definition) is 7. The highest BCUT2D eigenvalue weighted by atomic mass is 32.2. The van der Waals surface area contributed by atoms with Crippen LogP contribution in [0.1, 0.15) is 38.1 Å². The number of carbonyl (C=O) groups is 3. The Balaban J connectivity index is 1.54. The zero-order chi connectivity index (χ0) is 23.3. The van der Waals surface area contributed by atoms with Crippen molar-refractivity contribution in [3.63, 3.8) is 0 Å². The minimum Gasteiger partial charge on any atom is -0.452 e. The Kier molecular flexibility index (Phi) is 8.56. The summed E-state index contributed by atoms with van der Waals surface area (Å²) in [5, 5.41) is 0. The van der Waals surface area contributed by atoms with Gasteiger partial charge in [0.15, 0.2) is 6.61 Å². The molecule has 3 rings (SSSR count). The van der Waals surface area contributed by atoms with Crippen molar-refractivity contribution in [2.24, 2.45) is 0 Å². The molecule has 0 aromatic heterocycles. The Labute approximate surface area is 193 Å². The van der Waals surface area contributed by atoms with Crippen molar-refractivity contribution in [1.29, 1.82) is 0 Å². The number of ether oxygens (including phenoxy) is 3. The zero-order valence-corrected chi connectivity index (χ0v) is 19.9. The highest BCUT2D eigenvalue weighted by Gasteiger charge is 2.28. The Morgan fingerprint density at radius 3 is 1.94 bits per heavy atom. The first-order valence-corrected chi connectivity index (χ1v) is 12.0. The highest BCUT2D eigenvalue weighted by molar-refractivity contribution is 8.00. The minimum absolute atomic E-state index is 0.00458. The molecule has 8 nitrogen and oxygen atoms in total. The Morgan fingerprint density at radius 1 is 0.875 bits per heavy atom. The second kappa shape index (κ2) is 11.2. The van der Waals surface area contributed by atoms with Gasteiger partial charge in [0.05, 0.1) is 35.7 Å². The number of esters is 1. The molecule has 1 aromatic carbocycles. The summed E-state index contributed by atoms with van der Waals surface area (Å²) < 4.78 is 16.6. The molecule has 0 bridgehead atoms. The number of benzene rings is 1. The van der Waals surface area contributed by atoms with Crippen LogP contribution in [0.2, 0.25) is 0 Å². The van der Waals surface area contributed by atoms with E-state index in [1.54, 1.807) is 28.0 Å². The van der Waals surface area contributed by atoms with E-state index in [2.05, 4.69) is 0 Å². The van der Waals surface area contributed by atoms with Gasteiger partial charge in [0, 0.05) is 31.1 Å². The summed E-state index contributed by atoms with van der Waals surface area (Å²) in [6.45, 7) is 9.50. The predicted octanol–water partition coefficient (Wildman–Crippen LogP) is 2.21. The van der Waals surface area contributed by atoms with Crippen LogP contribution >= 0.6 is 11.8 Å². The summed E-state index contributed by atoms with van der Waals surface area (Å²) in [5.41, 5.74) is 0.352. The smallest absolute Gasteiger partial charge is 0.339 e. The van der Waals surface area contributed by atoms with Gasteiger partial charge in [-0.05, 0) is 39.8 Å². The van der Waals surface area contributed by atoms with E-state index < -0.39 is 5.97 Å². The number of nitrogens with zero attached hydrogens (tertiary/aromatic N) is 2. The third-order valence-electron chi connectivity index (χ3n) is 5.33. The van der Waals surface area contributed by atoms with Gasteiger partial charge < -0.3 is 24.0 Å². The standard InChI is InChI=1S/C23H32N2O6S/c1-15-9-24(10-16(2)30-15)21(26)13-29-23(28)19-7-5-6-8-20(19)32-14-22(27)25-11-17(3)31-18(4)12-25/h5-8,15-18H,9-14H2,1-4H3/t15-,16+,17-,18-/m0/s1. The lowest BCUT2D eigenvalue weighted by Gasteiger charge is -2.35. The van der Waals surface area contributed by atoms with E-state index in [0.29, 0.717) is 36.6 Å². The normalized spacial score (nSPS) is 26.0. The molecule has 0 spiro atoms. The fourth-order valence-corrected chi connectivity index (χ4v) is 4.99. The molecule has 2 saturated heterocycles. The topological polar surface area (TPSA) is 85.4 Å². The molecule has 2 fully saturated rings. The summed E-state index contributed by atoms with van der Waals surface area (Å²) in [5.74, 6) is -0.592. The van der Waals surface area contributed by atoms with Crippen LogP contribution in [0.3, 0.4) is 0 Å². The van der Waals surface area contributed by atoms with Crippen molar-refractivity contribution < 1.29 is 28.6 Å². The van der Waals surface area contributed by atoms with Gasteiger partial charge in [-0.15, -0.1) is 11.8 Å². The predicted molar refractivity (Wildman–Crippen MR) is 121 cm³/mol. The van der Waals surface area contributed by atoms with Crippen LogP contribution in [0.15, 0.2) is 29.2 Å². The van der Waals surface area contributed by atoms with E-state index in [4.69, 9.17) is 14.2 Å². The van der Waals surface area contributed by atoms with Crippen molar-refractivity contribution in [3.05, 3.63) is 29.8 Å². The van der Waals surface area contributed by atoms with Crippen LogP contribution < -0.4 is 0 Å². The maximum atomic E-state index is 12.7. The number of morpholine rings is 2. The molecule has 0 radical (unpaired) electrons. The van der Waals surface area contributed by atoms with Crippen molar-refractivity contribution in [3.8, 4) is 0 Å². The second-order valence-corrected chi connectivity index (χ2v) is 9.49. The Morgan fingerprint density at radius 2 is 1.38 bits per heavy atom. The molecular weight excluding hydrogens is 432 g/mol. The summed E-state index contributed by atoms with van der Waals surface area (Å²) in [6, 6.07) is 6.98.